The number of hydrogen-bond donors (Lipinski definition) is 1. The summed E-state index contributed by atoms with van der Waals surface area (Å²) in [5, 5.41) is 2.26. The fourth-order valence-corrected chi connectivity index (χ4v) is 4.79. The molecule has 0 aliphatic carbocycles. The van der Waals surface area contributed by atoms with Crippen molar-refractivity contribution in [1.82, 2.24) is 10.2 Å². The molecule has 9 heteroatoms. The molecule has 2 atom stereocenters. The molecule has 1 saturated heterocycles. The number of carbonyl (C=O) groups excluding carboxylic acids is 2. The molecule has 0 bridgehead atoms. The van der Waals surface area contributed by atoms with Crippen molar-refractivity contribution in [3.8, 4) is 0 Å². The highest BCUT2D eigenvalue weighted by Crippen LogP contribution is 2.42. The van der Waals surface area contributed by atoms with Crippen molar-refractivity contribution in [3.63, 3.8) is 0 Å². The van der Waals surface area contributed by atoms with Crippen LogP contribution in [0.25, 0.3) is 0 Å². The van der Waals surface area contributed by atoms with Crippen molar-refractivity contribution in [2.75, 3.05) is 5.75 Å². The van der Waals surface area contributed by atoms with Crippen LogP contribution in [0, 0.1) is 11.7 Å². The lowest BCUT2D eigenvalue weighted by Gasteiger charge is -2.33. The molecule has 4 nitrogen and oxygen atoms in total. The van der Waals surface area contributed by atoms with Gasteiger partial charge in [-0.1, -0.05) is 38.1 Å². The number of hydrogen-bond acceptors (Lipinski definition) is 3. The average molecular weight is 469 g/mol. The standard InChI is InChI=1S/C23H24F4N2O2S/c1-14(2)11-19(21(31)28-12-15-3-9-18(24)10-4-15)29-20(30)13-32-22(29)16-5-7-17(8-6-16)23(25,26)27/h3-10,14,19,22H,11-13H2,1-2H3,(H,28,31). The summed E-state index contributed by atoms with van der Waals surface area (Å²) in [7, 11) is 0. The summed E-state index contributed by atoms with van der Waals surface area (Å²) in [6.07, 6.45) is -4.05. The molecule has 32 heavy (non-hydrogen) atoms. The van der Waals surface area contributed by atoms with E-state index < -0.39 is 23.2 Å². The molecule has 2 aromatic rings. The highest BCUT2D eigenvalue weighted by molar-refractivity contribution is 8.00. The Kier molecular flexibility index (Phi) is 7.48. The molecule has 1 N–H and O–H groups in total. The normalized spacial score (nSPS) is 17.7. The van der Waals surface area contributed by atoms with Gasteiger partial charge in [0.15, 0.2) is 0 Å². The molecule has 2 aromatic carbocycles. The van der Waals surface area contributed by atoms with Crippen molar-refractivity contribution >= 4 is 23.6 Å². The SMILES string of the molecule is CC(C)CC(C(=O)NCc1ccc(F)cc1)N1C(=O)CSC1c1ccc(C(F)(F)F)cc1. The van der Waals surface area contributed by atoms with Crippen molar-refractivity contribution in [2.24, 2.45) is 5.92 Å². The predicted molar refractivity (Wildman–Crippen MR) is 115 cm³/mol. The van der Waals surface area contributed by atoms with Gasteiger partial charge in [0.25, 0.3) is 0 Å². The molecule has 0 aromatic heterocycles. The minimum atomic E-state index is -4.45. The van der Waals surface area contributed by atoms with Gasteiger partial charge in [0.2, 0.25) is 11.8 Å². The molecule has 3 rings (SSSR count). The van der Waals surface area contributed by atoms with E-state index in [-0.39, 0.29) is 35.8 Å². The smallest absolute Gasteiger partial charge is 0.350 e. The van der Waals surface area contributed by atoms with Crippen molar-refractivity contribution in [3.05, 3.63) is 71.0 Å². The number of nitrogens with one attached hydrogen (secondary N) is 1. The highest BCUT2D eigenvalue weighted by Gasteiger charge is 2.41. The van der Waals surface area contributed by atoms with Crippen LogP contribution in [-0.2, 0) is 22.3 Å². The van der Waals surface area contributed by atoms with Crippen LogP contribution in [-0.4, -0.2) is 28.5 Å². The van der Waals surface area contributed by atoms with Crippen LogP contribution in [0.5, 0.6) is 0 Å². The maximum Gasteiger partial charge on any atom is 0.416 e. The summed E-state index contributed by atoms with van der Waals surface area (Å²) in [5.41, 5.74) is 0.483. The molecule has 0 radical (unpaired) electrons. The maximum absolute atomic E-state index is 13.1. The first-order valence-electron chi connectivity index (χ1n) is 10.2. The molecular formula is C23H24F4N2O2S. The lowest BCUT2D eigenvalue weighted by Crippen LogP contribution is -2.49. The number of thioether (sulfide) groups is 1. The fraction of sp³-hybridized carbons (Fsp3) is 0.391. The molecular weight excluding hydrogens is 444 g/mol. The second kappa shape index (κ2) is 9.94. The topological polar surface area (TPSA) is 49.4 Å². The first kappa shape index (κ1) is 24.1. The third-order valence-corrected chi connectivity index (χ3v) is 6.37. The number of halogens is 4. The van der Waals surface area contributed by atoms with Gasteiger partial charge in [-0.3, -0.25) is 9.59 Å². The molecule has 2 unspecified atom stereocenters. The van der Waals surface area contributed by atoms with Gasteiger partial charge in [-0.2, -0.15) is 13.2 Å². The van der Waals surface area contributed by atoms with Crippen LogP contribution >= 0.6 is 11.8 Å². The minimum Gasteiger partial charge on any atom is -0.350 e. The van der Waals surface area contributed by atoms with Gasteiger partial charge in [-0.25, -0.2) is 4.39 Å². The van der Waals surface area contributed by atoms with Gasteiger partial charge in [-0.15, -0.1) is 11.8 Å². The van der Waals surface area contributed by atoms with E-state index in [2.05, 4.69) is 5.32 Å². The summed E-state index contributed by atoms with van der Waals surface area (Å²) in [6, 6.07) is 9.65. The van der Waals surface area contributed by atoms with Gasteiger partial charge in [0.05, 0.1) is 11.3 Å². The van der Waals surface area contributed by atoms with Crippen LogP contribution in [0.2, 0.25) is 0 Å². The second-order valence-electron chi connectivity index (χ2n) is 8.07. The third kappa shape index (κ3) is 5.82. The van der Waals surface area contributed by atoms with Crippen LogP contribution in [0.4, 0.5) is 17.6 Å². The zero-order valence-corrected chi connectivity index (χ0v) is 18.5. The number of amides is 2. The first-order valence-corrected chi connectivity index (χ1v) is 11.2. The third-order valence-electron chi connectivity index (χ3n) is 5.14. The molecule has 1 fully saturated rings. The lowest BCUT2D eigenvalue weighted by molar-refractivity contribution is -0.139. The average Bonchev–Trinajstić information content (AvgIpc) is 3.12. The van der Waals surface area contributed by atoms with Gasteiger partial charge < -0.3 is 10.2 Å². The van der Waals surface area contributed by atoms with Crippen molar-refractivity contribution in [2.45, 2.75) is 44.4 Å². The Hall–Kier alpha value is -2.55. The number of benzene rings is 2. The van der Waals surface area contributed by atoms with Crippen LogP contribution in [0.1, 0.15) is 42.3 Å². The van der Waals surface area contributed by atoms with Crippen molar-refractivity contribution in [1.29, 1.82) is 0 Å². The van der Waals surface area contributed by atoms with Crippen LogP contribution in [0.15, 0.2) is 48.5 Å². The van der Waals surface area contributed by atoms with Gasteiger partial charge in [0.1, 0.15) is 17.2 Å². The molecule has 0 saturated carbocycles. The lowest BCUT2D eigenvalue weighted by atomic mass is 10.00. The molecule has 172 valence electrons. The number of rotatable bonds is 7. The molecule has 1 aliphatic rings. The summed E-state index contributed by atoms with van der Waals surface area (Å²) < 4.78 is 51.9. The van der Waals surface area contributed by atoms with E-state index in [4.69, 9.17) is 0 Å². The quantitative estimate of drug-likeness (QED) is 0.572. The van der Waals surface area contributed by atoms with E-state index in [1.54, 1.807) is 12.1 Å². The number of alkyl halides is 3. The summed E-state index contributed by atoms with van der Waals surface area (Å²) >= 11 is 1.29. The summed E-state index contributed by atoms with van der Waals surface area (Å²) in [6.45, 7) is 4.04. The Morgan fingerprint density at radius 1 is 1.12 bits per heavy atom. The first-order chi connectivity index (χ1) is 15.1. The van der Waals surface area contributed by atoms with Gasteiger partial charge in [0, 0.05) is 6.54 Å². The zero-order valence-electron chi connectivity index (χ0n) is 17.7. The Morgan fingerprint density at radius 2 is 1.75 bits per heavy atom. The largest absolute Gasteiger partial charge is 0.416 e. The molecule has 1 heterocycles. The molecule has 2 amide bonds. The summed E-state index contributed by atoms with van der Waals surface area (Å²) in [4.78, 5) is 27.3. The van der Waals surface area contributed by atoms with E-state index in [9.17, 15) is 27.2 Å². The zero-order chi connectivity index (χ0) is 23.5. The number of carbonyl (C=O) groups is 2. The predicted octanol–water partition coefficient (Wildman–Crippen LogP) is 5.15. The van der Waals surface area contributed by atoms with E-state index in [1.165, 1.54) is 40.9 Å². The van der Waals surface area contributed by atoms with E-state index in [1.807, 2.05) is 13.8 Å². The van der Waals surface area contributed by atoms with Crippen molar-refractivity contribution < 1.29 is 27.2 Å². The summed E-state index contributed by atoms with van der Waals surface area (Å²) in [5.74, 6) is -0.718. The maximum atomic E-state index is 13.1. The van der Waals surface area contributed by atoms with Crippen LogP contribution in [0.3, 0.4) is 0 Å². The molecule has 1 aliphatic heterocycles. The Labute approximate surface area is 188 Å². The van der Waals surface area contributed by atoms with Gasteiger partial charge >= 0.3 is 6.18 Å². The monoisotopic (exact) mass is 468 g/mol. The highest BCUT2D eigenvalue weighted by atomic mass is 32.2. The van der Waals surface area contributed by atoms with Gasteiger partial charge in [-0.05, 0) is 47.7 Å². The Morgan fingerprint density at radius 3 is 2.31 bits per heavy atom. The Bertz CT molecular complexity index is 946. The second-order valence-corrected chi connectivity index (χ2v) is 9.14. The van der Waals surface area contributed by atoms with Crippen LogP contribution < -0.4 is 5.32 Å². The Balaban J connectivity index is 1.81. The minimum absolute atomic E-state index is 0.100. The fourth-order valence-electron chi connectivity index (χ4n) is 3.57. The molecule has 0 spiro atoms. The van der Waals surface area contributed by atoms with E-state index in [0.29, 0.717) is 17.5 Å². The van der Waals surface area contributed by atoms with E-state index in [0.717, 1.165) is 12.1 Å². The number of nitrogens with zero attached hydrogens (tertiary/aromatic N) is 1. The van der Waals surface area contributed by atoms with E-state index >= 15 is 0 Å².